The second-order valence-corrected chi connectivity index (χ2v) is 12.3. The topological polar surface area (TPSA) is 83.5 Å². The second-order valence-electron chi connectivity index (χ2n) is 12.3. The van der Waals surface area contributed by atoms with Crippen molar-refractivity contribution in [3.8, 4) is 28.4 Å². The molecule has 1 N–H and O–H groups in total. The van der Waals surface area contributed by atoms with E-state index in [1.54, 1.807) is 12.1 Å². The minimum Gasteiger partial charge on any atom is -0.492 e. The molecule has 1 aliphatic carbocycles. The number of rotatable bonds is 8. The summed E-state index contributed by atoms with van der Waals surface area (Å²) in [5.41, 5.74) is 3.38. The minimum atomic E-state index is -4.54. The molecule has 2 heterocycles. The molecule has 45 heavy (non-hydrogen) atoms. The molecule has 0 saturated carbocycles. The van der Waals surface area contributed by atoms with Gasteiger partial charge in [-0.25, -0.2) is 0 Å². The van der Waals surface area contributed by atoms with Gasteiger partial charge < -0.3 is 28.8 Å². The Labute approximate surface area is 260 Å². The molecule has 240 valence electrons. The third-order valence-corrected chi connectivity index (χ3v) is 9.11. The van der Waals surface area contributed by atoms with Gasteiger partial charge in [0.25, 0.3) is 0 Å². The van der Waals surface area contributed by atoms with Gasteiger partial charge in [-0.3, -0.25) is 4.79 Å². The molecular formula is C35H37F3O7. The van der Waals surface area contributed by atoms with Gasteiger partial charge >= 0.3 is 12.1 Å². The van der Waals surface area contributed by atoms with Crippen molar-refractivity contribution in [3.05, 3.63) is 75.8 Å². The van der Waals surface area contributed by atoms with Crippen LogP contribution in [0.25, 0.3) is 11.1 Å². The zero-order chi connectivity index (χ0) is 31.9. The first-order valence-electron chi connectivity index (χ1n) is 15.2. The molecule has 7 nitrogen and oxygen atoms in total. The van der Waals surface area contributed by atoms with Crippen LogP contribution in [0.15, 0.2) is 42.5 Å². The Balaban J connectivity index is 1.28. The van der Waals surface area contributed by atoms with Crippen molar-refractivity contribution in [2.45, 2.75) is 69.8 Å². The minimum absolute atomic E-state index is 0.117. The molecule has 6 rings (SSSR count). The van der Waals surface area contributed by atoms with E-state index >= 15 is 0 Å². The first-order chi connectivity index (χ1) is 21.4. The summed E-state index contributed by atoms with van der Waals surface area (Å²) in [6.07, 6.45) is -2.87. The number of benzene rings is 3. The number of halogens is 3. The van der Waals surface area contributed by atoms with Crippen LogP contribution < -0.4 is 14.2 Å². The predicted octanol–water partition coefficient (Wildman–Crippen LogP) is 7.01. The largest absolute Gasteiger partial charge is 0.492 e. The van der Waals surface area contributed by atoms with Gasteiger partial charge in [0.1, 0.15) is 35.6 Å². The summed E-state index contributed by atoms with van der Waals surface area (Å²) in [4.78, 5) is 11.8. The Morgan fingerprint density at radius 2 is 1.76 bits per heavy atom. The number of hydrogen-bond donors (Lipinski definition) is 1. The van der Waals surface area contributed by atoms with Gasteiger partial charge in [0, 0.05) is 43.6 Å². The molecule has 2 aliphatic heterocycles. The predicted molar refractivity (Wildman–Crippen MR) is 160 cm³/mol. The van der Waals surface area contributed by atoms with Crippen molar-refractivity contribution in [3.63, 3.8) is 0 Å². The Hall–Kier alpha value is -3.76. The molecule has 0 amide bonds. The lowest BCUT2D eigenvalue weighted by molar-refractivity contribution is -0.141. The standard InChI is InChI=1S/C35H37F3O7/c1-20-12-25(44-19-34(40)8-10-42-11-9-34)13-21(2)33(20)29-16-23(35(36,37)38)15-28-27(29)6-7-30(28)45-24-4-5-26-22(14-32(39)41-3)18-43-31(26)17-24/h4-5,12-13,15-17,22,30,40H,6-11,14,18-19H2,1-3H3/t22?,30-/m1/s1. The monoisotopic (exact) mass is 626 g/mol. The van der Waals surface area contributed by atoms with Crippen molar-refractivity contribution in [1.29, 1.82) is 0 Å². The highest BCUT2D eigenvalue weighted by Gasteiger charge is 2.37. The maximum Gasteiger partial charge on any atom is 0.416 e. The summed E-state index contributed by atoms with van der Waals surface area (Å²) in [5.74, 6) is 1.20. The Bertz CT molecular complexity index is 1570. The number of fused-ring (bicyclic) bond motifs is 2. The highest BCUT2D eigenvalue weighted by Crippen LogP contribution is 2.47. The van der Waals surface area contributed by atoms with Crippen LogP contribution in [0.1, 0.15) is 71.1 Å². The number of methoxy groups -OCH3 is 1. The van der Waals surface area contributed by atoms with Crippen LogP contribution in [0.4, 0.5) is 13.2 Å². The SMILES string of the molecule is COC(=O)CC1COc2cc(O[C@@H]3CCc4c(-c5c(C)cc(OCC6(O)CCOCC6)cc5C)cc(C(F)(F)F)cc43)ccc21. The number of aryl methyl sites for hydroxylation is 2. The average Bonchev–Trinajstić information content (AvgIpc) is 3.59. The van der Waals surface area contributed by atoms with Gasteiger partial charge in [0.15, 0.2) is 0 Å². The van der Waals surface area contributed by atoms with Crippen molar-refractivity contribution < 1.29 is 46.8 Å². The molecule has 10 heteroatoms. The molecule has 1 fully saturated rings. The fourth-order valence-electron chi connectivity index (χ4n) is 6.69. The summed E-state index contributed by atoms with van der Waals surface area (Å²) in [6.45, 7) is 5.14. The van der Waals surface area contributed by atoms with Crippen molar-refractivity contribution in [2.75, 3.05) is 33.5 Å². The van der Waals surface area contributed by atoms with E-state index in [1.807, 2.05) is 32.0 Å². The van der Waals surface area contributed by atoms with Crippen LogP contribution in [0.3, 0.4) is 0 Å². The van der Waals surface area contributed by atoms with Crippen LogP contribution in [0, 0.1) is 13.8 Å². The molecule has 1 saturated heterocycles. The van der Waals surface area contributed by atoms with E-state index in [0.29, 0.717) is 73.9 Å². The van der Waals surface area contributed by atoms with Crippen molar-refractivity contribution >= 4 is 5.97 Å². The number of aliphatic hydroxyl groups is 1. The summed E-state index contributed by atoms with van der Waals surface area (Å²) in [6, 6.07) is 11.4. The fourth-order valence-corrected chi connectivity index (χ4v) is 6.69. The van der Waals surface area contributed by atoms with Crippen LogP contribution in [-0.4, -0.2) is 50.2 Å². The number of alkyl halides is 3. The van der Waals surface area contributed by atoms with Gasteiger partial charge in [0.2, 0.25) is 0 Å². The molecule has 3 aliphatic rings. The maximum atomic E-state index is 14.2. The van der Waals surface area contributed by atoms with Crippen LogP contribution in [-0.2, 0) is 26.9 Å². The molecule has 3 aromatic rings. The lowest BCUT2D eigenvalue weighted by atomic mass is 9.88. The lowest BCUT2D eigenvalue weighted by Crippen LogP contribution is -2.41. The van der Waals surface area contributed by atoms with Crippen LogP contribution >= 0.6 is 0 Å². The van der Waals surface area contributed by atoms with Crippen molar-refractivity contribution in [1.82, 2.24) is 0 Å². The van der Waals surface area contributed by atoms with Gasteiger partial charge in [-0.2, -0.15) is 13.2 Å². The van der Waals surface area contributed by atoms with E-state index in [1.165, 1.54) is 19.2 Å². The van der Waals surface area contributed by atoms with E-state index in [4.69, 9.17) is 23.7 Å². The van der Waals surface area contributed by atoms with Gasteiger partial charge in [-0.15, -0.1) is 0 Å². The molecule has 3 aromatic carbocycles. The molecular weight excluding hydrogens is 589 g/mol. The second kappa shape index (κ2) is 12.2. The van der Waals surface area contributed by atoms with Crippen LogP contribution in [0.2, 0.25) is 0 Å². The average molecular weight is 627 g/mol. The van der Waals surface area contributed by atoms with E-state index in [2.05, 4.69) is 0 Å². The quantitative estimate of drug-likeness (QED) is 0.269. The summed E-state index contributed by atoms with van der Waals surface area (Å²) in [7, 11) is 1.35. The normalized spacial score (nSPS) is 20.2. The Morgan fingerprint density at radius 3 is 2.44 bits per heavy atom. The lowest BCUT2D eigenvalue weighted by Gasteiger charge is -2.31. The summed E-state index contributed by atoms with van der Waals surface area (Å²) < 4.78 is 71.0. The smallest absolute Gasteiger partial charge is 0.416 e. The number of esters is 1. The Morgan fingerprint density at radius 1 is 1.02 bits per heavy atom. The number of hydrogen-bond acceptors (Lipinski definition) is 7. The summed E-state index contributed by atoms with van der Waals surface area (Å²) in [5, 5.41) is 10.8. The van der Waals surface area contributed by atoms with E-state index < -0.39 is 23.4 Å². The zero-order valence-corrected chi connectivity index (χ0v) is 25.6. The first-order valence-corrected chi connectivity index (χ1v) is 15.2. The molecule has 0 spiro atoms. The number of carbonyl (C=O) groups is 1. The Kier molecular flexibility index (Phi) is 8.47. The fraction of sp³-hybridized carbons (Fsp3) is 0.457. The highest BCUT2D eigenvalue weighted by molar-refractivity contribution is 5.77. The third kappa shape index (κ3) is 6.49. The number of ether oxygens (including phenoxy) is 5. The van der Waals surface area contributed by atoms with E-state index in [-0.39, 0.29) is 24.9 Å². The van der Waals surface area contributed by atoms with Crippen LogP contribution in [0.5, 0.6) is 17.2 Å². The molecule has 1 unspecified atom stereocenters. The van der Waals surface area contributed by atoms with E-state index in [0.717, 1.165) is 27.8 Å². The molecule has 0 aromatic heterocycles. The van der Waals surface area contributed by atoms with Crippen molar-refractivity contribution in [2.24, 2.45) is 0 Å². The van der Waals surface area contributed by atoms with Gasteiger partial charge in [0.05, 0.1) is 25.7 Å². The zero-order valence-electron chi connectivity index (χ0n) is 25.6. The third-order valence-electron chi connectivity index (χ3n) is 9.11. The molecule has 2 atom stereocenters. The van der Waals surface area contributed by atoms with E-state index in [9.17, 15) is 23.1 Å². The maximum absolute atomic E-state index is 14.2. The summed E-state index contributed by atoms with van der Waals surface area (Å²) >= 11 is 0. The molecule has 0 bridgehead atoms. The van der Waals surface area contributed by atoms with Gasteiger partial charge in [-0.1, -0.05) is 6.07 Å². The molecule has 0 radical (unpaired) electrons. The van der Waals surface area contributed by atoms with Gasteiger partial charge in [-0.05, 0) is 90.4 Å². The first kappa shape index (κ1) is 31.2. The number of carbonyl (C=O) groups excluding carboxylic acids is 1. The highest BCUT2D eigenvalue weighted by atomic mass is 19.4.